The fourth-order valence-electron chi connectivity index (χ4n) is 2.19. The molecular weight excluding hydrogens is 247 g/mol. The molecule has 1 saturated heterocycles. The molecule has 0 bridgehead atoms. The molecule has 1 aliphatic rings. The Morgan fingerprint density at radius 3 is 2.53 bits per heavy atom. The highest BCUT2D eigenvalue weighted by molar-refractivity contribution is 5.97. The van der Waals surface area contributed by atoms with Crippen LogP contribution in [-0.4, -0.2) is 35.8 Å². The molecule has 1 fully saturated rings. The maximum atomic E-state index is 13.4. The minimum atomic E-state index is -0.634. The minimum Gasteiger partial charge on any atom is -0.341 e. The van der Waals surface area contributed by atoms with Gasteiger partial charge in [0.05, 0.1) is 5.56 Å². The summed E-state index contributed by atoms with van der Waals surface area (Å²) in [5, 5.41) is 2.54. The quantitative estimate of drug-likeness (QED) is 0.900. The second kappa shape index (κ2) is 5.82. The van der Waals surface area contributed by atoms with Crippen molar-refractivity contribution in [3.05, 3.63) is 35.6 Å². The summed E-state index contributed by atoms with van der Waals surface area (Å²) >= 11 is 0. The summed E-state index contributed by atoms with van der Waals surface area (Å²) in [6.45, 7) is 3.09. The summed E-state index contributed by atoms with van der Waals surface area (Å²) in [6.07, 6.45) is 2.00. The van der Waals surface area contributed by atoms with Crippen LogP contribution in [0.4, 0.5) is 4.39 Å². The number of carbonyl (C=O) groups excluding carboxylic acids is 2. The van der Waals surface area contributed by atoms with Gasteiger partial charge >= 0.3 is 0 Å². The van der Waals surface area contributed by atoms with Gasteiger partial charge in [-0.3, -0.25) is 9.59 Å². The fourth-order valence-corrected chi connectivity index (χ4v) is 2.19. The van der Waals surface area contributed by atoms with Crippen molar-refractivity contribution in [1.29, 1.82) is 0 Å². The first-order valence-corrected chi connectivity index (χ1v) is 6.44. The predicted octanol–water partition coefficient (Wildman–Crippen LogP) is 1.57. The lowest BCUT2D eigenvalue weighted by molar-refractivity contribution is -0.131. The zero-order valence-electron chi connectivity index (χ0n) is 10.9. The molecule has 1 aromatic carbocycles. The summed E-state index contributed by atoms with van der Waals surface area (Å²) in [4.78, 5) is 25.6. The van der Waals surface area contributed by atoms with E-state index in [0.717, 1.165) is 25.9 Å². The average Bonchev–Trinajstić information content (AvgIpc) is 2.92. The number of rotatable bonds is 3. The Bertz CT molecular complexity index is 484. The topological polar surface area (TPSA) is 49.4 Å². The Morgan fingerprint density at radius 2 is 1.89 bits per heavy atom. The lowest BCUT2D eigenvalue weighted by atomic mass is 10.2. The number of nitrogens with one attached hydrogen (secondary N) is 1. The third-order valence-corrected chi connectivity index (χ3v) is 3.25. The molecule has 2 rings (SSSR count). The molecule has 4 nitrogen and oxygen atoms in total. The third-order valence-electron chi connectivity index (χ3n) is 3.25. The molecule has 0 spiro atoms. The van der Waals surface area contributed by atoms with Crippen molar-refractivity contribution in [1.82, 2.24) is 10.2 Å². The number of likely N-dealkylation sites (tertiary alicyclic amines) is 1. The summed E-state index contributed by atoms with van der Waals surface area (Å²) in [7, 11) is 0. The van der Waals surface area contributed by atoms with E-state index in [1.165, 1.54) is 18.2 Å². The van der Waals surface area contributed by atoms with Crippen molar-refractivity contribution < 1.29 is 14.0 Å². The Kier molecular flexibility index (Phi) is 4.14. The first-order chi connectivity index (χ1) is 9.09. The zero-order chi connectivity index (χ0) is 13.8. The molecule has 0 saturated carbocycles. The van der Waals surface area contributed by atoms with E-state index >= 15 is 0 Å². The highest BCUT2D eigenvalue weighted by Gasteiger charge is 2.25. The summed E-state index contributed by atoms with van der Waals surface area (Å²) in [5.74, 6) is -1.25. The number of halogens is 1. The van der Waals surface area contributed by atoms with Crippen molar-refractivity contribution >= 4 is 11.8 Å². The molecule has 0 aromatic heterocycles. The standard InChI is InChI=1S/C14H17FN2O2/c1-10(14(19)17-8-4-5-9-17)16-13(18)11-6-2-3-7-12(11)15/h2-3,6-7,10H,4-5,8-9H2,1H3,(H,16,18). The van der Waals surface area contributed by atoms with Crippen LogP contribution in [0.3, 0.4) is 0 Å². The Morgan fingerprint density at radius 1 is 1.26 bits per heavy atom. The van der Waals surface area contributed by atoms with Crippen LogP contribution in [0, 0.1) is 5.82 Å². The van der Waals surface area contributed by atoms with Gasteiger partial charge < -0.3 is 10.2 Å². The van der Waals surface area contributed by atoms with Crippen LogP contribution >= 0.6 is 0 Å². The molecule has 0 radical (unpaired) electrons. The molecule has 1 unspecified atom stereocenters. The van der Waals surface area contributed by atoms with Gasteiger partial charge in [0.2, 0.25) is 5.91 Å². The summed E-state index contributed by atoms with van der Waals surface area (Å²) in [6, 6.07) is 5.10. The van der Waals surface area contributed by atoms with Crippen LogP contribution in [0.2, 0.25) is 0 Å². The van der Waals surface area contributed by atoms with Gasteiger partial charge in [0.1, 0.15) is 11.9 Å². The van der Waals surface area contributed by atoms with E-state index in [9.17, 15) is 14.0 Å². The largest absolute Gasteiger partial charge is 0.341 e. The Balaban J connectivity index is 1.98. The van der Waals surface area contributed by atoms with E-state index in [1.807, 2.05) is 0 Å². The molecule has 1 heterocycles. The van der Waals surface area contributed by atoms with Gasteiger partial charge in [-0.15, -0.1) is 0 Å². The van der Waals surface area contributed by atoms with Gasteiger partial charge in [0.25, 0.3) is 5.91 Å². The molecule has 1 atom stereocenters. The molecular formula is C14H17FN2O2. The van der Waals surface area contributed by atoms with Gasteiger partial charge in [0.15, 0.2) is 0 Å². The lowest BCUT2D eigenvalue weighted by Crippen LogP contribution is -2.46. The second-order valence-corrected chi connectivity index (χ2v) is 4.71. The van der Waals surface area contributed by atoms with Crippen LogP contribution in [-0.2, 0) is 4.79 Å². The van der Waals surface area contributed by atoms with Crippen molar-refractivity contribution in [2.24, 2.45) is 0 Å². The maximum Gasteiger partial charge on any atom is 0.254 e. The second-order valence-electron chi connectivity index (χ2n) is 4.71. The van der Waals surface area contributed by atoms with E-state index in [-0.39, 0.29) is 11.5 Å². The molecule has 0 aliphatic carbocycles. The van der Waals surface area contributed by atoms with E-state index in [1.54, 1.807) is 17.9 Å². The average molecular weight is 264 g/mol. The van der Waals surface area contributed by atoms with Crippen LogP contribution < -0.4 is 5.32 Å². The highest BCUT2D eigenvalue weighted by atomic mass is 19.1. The number of hydrogen-bond acceptors (Lipinski definition) is 2. The van der Waals surface area contributed by atoms with Crippen LogP contribution in [0.15, 0.2) is 24.3 Å². The van der Waals surface area contributed by atoms with Crippen molar-refractivity contribution in [3.8, 4) is 0 Å². The number of hydrogen-bond donors (Lipinski definition) is 1. The van der Waals surface area contributed by atoms with Gasteiger partial charge in [-0.1, -0.05) is 12.1 Å². The molecule has 1 aliphatic heterocycles. The number of nitrogens with zero attached hydrogens (tertiary/aromatic N) is 1. The first-order valence-electron chi connectivity index (χ1n) is 6.44. The smallest absolute Gasteiger partial charge is 0.254 e. The van der Waals surface area contributed by atoms with Crippen molar-refractivity contribution in [2.75, 3.05) is 13.1 Å². The van der Waals surface area contributed by atoms with E-state index < -0.39 is 17.8 Å². The Labute approximate surface area is 111 Å². The minimum absolute atomic E-state index is 0.0384. The van der Waals surface area contributed by atoms with Crippen molar-refractivity contribution in [3.63, 3.8) is 0 Å². The van der Waals surface area contributed by atoms with Crippen LogP contribution in [0.5, 0.6) is 0 Å². The number of benzene rings is 1. The van der Waals surface area contributed by atoms with E-state index in [0.29, 0.717) is 0 Å². The molecule has 102 valence electrons. The molecule has 5 heteroatoms. The van der Waals surface area contributed by atoms with Gasteiger partial charge in [0, 0.05) is 13.1 Å². The third kappa shape index (κ3) is 3.10. The van der Waals surface area contributed by atoms with Crippen LogP contribution in [0.1, 0.15) is 30.1 Å². The fraction of sp³-hybridized carbons (Fsp3) is 0.429. The summed E-state index contributed by atoms with van der Waals surface area (Å²) < 4.78 is 13.4. The number of carbonyl (C=O) groups is 2. The van der Waals surface area contributed by atoms with E-state index in [4.69, 9.17) is 0 Å². The van der Waals surface area contributed by atoms with Gasteiger partial charge in [-0.25, -0.2) is 4.39 Å². The van der Waals surface area contributed by atoms with Gasteiger partial charge in [-0.05, 0) is 31.9 Å². The number of amides is 2. The molecule has 19 heavy (non-hydrogen) atoms. The van der Waals surface area contributed by atoms with E-state index in [2.05, 4.69) is 5.32 Å². The monoisotopic (exact) mass is 264 g/mol. The van der Waals surface area contributed by atoms with Crippen molar-refractivity contribution in [2.45, 2.75) is 25.8 Å². The zero-order valence-corrected chi connectivity index (χ0v) is 10.9. The highest BCUT2D eigenvalue weighted by Crippen LogP contribution is 2.10. The first kappa shape index (κ1) is 13.5. The summed E-state index contributed by atoms with van der Waals surface area (Å²) in [5.41, 5.74) is -0.0384. The van der Waals surface area contributed by atoms with Crippen LogP contribution in [0.25, 0.3) is 0 Å². The molecule has 1 N–H and O–H groups in total. The van der Waals surface area contributed by atoms with Gasteiger partial charge in [-0.2, -0.15) is 0 Å². The SMILES string of the molecule is CC(NC(=O)c1ccccc1F)C(=O)N1CCCC1. The normalized spacial score (nSPS) is 16.2. The predicted molar refractivity (Wildman–Crippen MR) is 69.1 cm³/mol. The maximum absolute atomic E-state index is 13.4. The molecule has 2 amide bonds. The lowest BCUT2D eigenvalue weighted by Gasteiger charge is -2.21. The Hall–Kier alpha value is -1.91. The molecule has 1 aromatic rings.